The maximum atomic E-state index is 14.9. The minimum absolute atomic E-state index is 0.0799. The smallest absolute Gasteiger partial charge is 0.258 e. The maximum Gasteiger partial charge on any atom is 0.258 e. The van der Waals surface area contributed by atoms with Crippen molar-refractivity contribution in [1.29, 1.82) is 0 Å². The van der Waals surface area contributed by atoms with Gasteiger partial charge in [-0.3, -0.25) is 10.1 Å². The van der Waals surface area contributed by atoms with Crippen LogP contribution in [0.3, 0.4) is 0 Å². The molecular weight excluding hydrogens is 476 g/mol. The summed E-state index contributed by atoms with van der Waals surface area (Å²) in [7, 11) is 0. The molecule has 1 amide bonds. The van der Waals surface area contributed by atoms with Crippen molar-refractivity contribution in [3.63, 3.8) is 0 Å². The lowest BCUT2D eigenvalue weighted by molar-refractivity contribution is 0.102. The van der Waals surface area contributed by atoms with Gasteiger partial charge < -0.3 is 5.32 Å². The summed E-state index contributed by atoms with van der Waals surface area (Å²) in [6, 6.07) is 18.2. The Kier molecular flexibility index (Phi) is 5.81. The van der Waals surface area contributed by atoms with Crippen LogP contribution in [0.15, 0.2) is 72.8 Å². The molecule has 4 aromatic rings. The Hall–Kier alpha value is -3.68. The Morgan fingerprint density at radius 2 is 1.79 bits per heavy atom. The summed E-state index contributed by atoms with van der Waals surface area (Å²) in [5.41, 5.74) is 3.26. The average Bonchev–Trinajstić information content (AvgIpc) is 3.22. The first-order chi connectivity index (χ1) is 16.4. The van der Waals surface area contributed by atoms with Crippen LogP contribution in [0.1, 0.15) is 33.1 Å². The van der Waals surface area contributed by atoms with Crippen LogP contribution >= 0.6 is 23.2 Å². The molecule has 0 saturated heterocycles. The molecule has 0 spiro atoms. The van der Waals surface area contributed by atoms with E-state index in [-0.39, 0.29) is 22.4 Å². The molecule has 0 aliphatic carbocycles. The molecule has 170 valence electrons. The lowest BCUT2D eigenvalue weighted by Crippen LogP contribution is -2.21. The predicted molar refractivity (Wildman–Crippen MR) is 132 cm³/mol. The molecule has 0 radical (unpaired) electrons. The molecule has 3 aromatic carbocycles. The van der Waals surface area contributed by atoms with Gasteiger partial charge in [0.2, 0.25) is 5.95 Å². The van der Waals surface area contributed by atoms with Crippen molar-refractivity contribution < 1.29 is 9.18 Å². The number of rotatable bonds is 4. The lowest BCUT2D eigenvalue weighted by atomic mass is 10.0. The molecule has 0 saturated carbocycles. The molecule has 1 aliphatic rings. The number of hydrogen-bond acceptors (Lipinski definition) is 4. The zero-order valence-corrected chi connectivity index (χ0v) is 19.4. The summed E-state index contributed by atoms with van der Waals surface area (Å²) in [5.74, 6) is -0.417. The van der Waals surface area contributed by atoms with E-state index in [0.717, 1.165) is 11.1 Å². The number of amides is 1. The molecule has 1 aromatic heterocycles. The number of carbonyl (C=O) groups is 1. The number of aryl methyl sites for hydroxylation is 1. The zero-order chi connectivity index (χ0) is 23.8. The van der Waals surface area contributed by atoms with Gasteiger partial charge in [0.25, 0.3) is 11.9 Å². The predicted octanol–water partition coefficient (Wildman–Crippen LogP) is 6.34. The van der Waals surface area contributed by atoms with Crippen molar-refractivity contribution in [2.24, 2.45) is 0 Å². The Morgan fingerprint density at radius 1 is 1.06 bits per heavy atom. The first kappa shape index (κ1) is 22.1. The quantitative estimate of drug-likeness (QED) is 0.347. The van der Waals surface area contributed by atoms with Gasteiger partial charge in [-0.25, -0.2) is 9.07 Å². The molecule has 34 heavy (non-hydrogen) atoms. The second-order valence-corrected chi connectivity index (χ2v) is 8.66. The third-order valence-corrected chi connectivity index (χ3v) is 6.04. The van der Waals surface area contributed by atoms with E-state index >= 15 is 0 Å². The third-order valence-electron chi connectivity index (χ3n) is 5.46. The van der Waals surface area contributed by atoms with Gasteiger partial charge >= 0.3 is 0 Å². The van der Waals surface area contributed by atoms with E-state index in [2.05, 4.69) is 20.7 Å². The van der Waals surface area contributed by atoms with Gasteiger partial charge in [-0.05, 0) is 55.0 Å². The number of benzene rings is 3. The summed E-state index contributed by atoms with van der Waals surface area (Å²) in [4.78, 5) is 17.1. The van der Waals surface area contributed by atoms with Crippen molar-refractivity contribution >= 4 is 46.7 Å². The fraction of sp³-hybridized carbons (Fsp3) is 0.0800. The van der Waals surface area contributed by atoms with Crippen molar-refractivity contribution in [2.75, 3.05) is 10.6 Å². The van der Waals surface area contributed by atoms with E-state index in [0.29, 0.717) is 22.2 Å². The first-order valence-electron chi connectivity index (χ1n) is 10.4. The van der Waals surface area contributed by atoms with Crippen molar-refractivity contribution in [3.05, 3.63) is 111 Å². The molecular formula is C25H18Cl2FN5O. The topological polar surface area (TPSA) is 71.8 Å². The highest BCUT2D eigenvalue weighted by Crippen LogP contribution is 2.37. The normalized spacial score (nSPS) is 14.7. The van der Waals surface area contributed by atoms with Crippen molar-refractivity contribution in [1.82, 2.24) is 14.8 Å². The molecule has 2 heterocycles. The fourth-order valence-electron chi connectivity index (χ4n) is 3.72. The largest absolute Gasteiger partial charge is 0.324 e. The molecule has 1 atom stereocenters. The minimum Gasteiger partial charge on any atom is -0.324 e. The summed E-state index contributed by atoms with van der Waals surface area (Å²) in [6.07, 6.45) is 1.81. The van der Waals surface area contributed by atoms with E-state index < -0.39 is 11.9 Å². The number of halogens is 3. The lowest BCUT2D eigenvalue weighted by Gasteiger charge is -2.25. The number of aromatic nitrogens is 3. The Labute approximate surface area is 205 Å². The standard InChI is InChI=1S/C25H18Cl2FN5O/c1-14-5-7-16(8-6-14)23(34)30-24-31-25-29-20(15-9-11-17(26)12-10-15)13-21(33(25)32-24)22-18(27)3-2-4-19(22)28/h2-13,21H,1H3,(H2,29,30,31,32,34). The van der Waals surface area contributed by atoms with E-state index in [9.17, 15) is 9.18 Å². The highest BCUT2D eigenvalue weighted by molar-refractivity contribution is 6.31. The van der Waals surface area contributed by atoms with Crippen LogP contribution in [0.2, 0.25) is 10.0 Å². The number of allylic oxidation sites excluding steroid dienone is 1. The van der Waals surface area contributed by atoms with Gasteiger partial charge in [0.1, 0.15) is 11.9 Å². The fourth-order valence-corrected chi connectivity index (χ4v) is 4.12. The van der Waals surface area contributed by atoms with E-state index in [1.54, 1.807) is 42.5 Å². The number of anilines is 2. The number of fused-ring (bicyclic) bond motifs is 1. The van der Waals surface area contributed by atoms with E-state index in [1.165, 1.54) is 10.7 Å². The monoisotopic (exact) mass is 493 g/mol. The van der Waals surface area contributed by atoms with Gasteiger partial charge in [0.05, 0.1) is 0 Å². The molecule has 0 fully saturated rings. The minimum atomic E-state index is -0.701. The molecule has 9 heteroatoms. The Bertz CT molecular complexity index is 1390. The summed E-state index contributed by atoms with van der Waals surface area (Å²) in [6.45, 7) is 1.94. The molecule has 6 nitrogen and oxygen atoms in total. The molecule has 1 aliphatic heterocycles. The van der Waals surface area contributed by atoms with Crippen LogP contribution in [0.4, 0.5) is 16.3 Å². The van der Waals surface area contributed by atoms with Crippen LogP contribution < -0.4 is 10.6 Å². The van der Waals surface area contributed by atoms with Crippen molar-refractivity contribution in [2.45, 2.75) is 13.0 Å². The van der Waals surface area contributed by atoms with Crippen LogP contribution in [-0.2, 0) is 0 Å². The van der Waals surface area contributed by atoms with E-state index in [1.807, 2.05) is 31.2 Å². The second-order valence-electron chi connectivity index (χ2n) is 7.82. The number of carbonyl (C=O) groups excluding carboxylic acids is 1. The van der Waals surface area contributed by atoms with Gasteiger partial charge in [-0.2, -0.15) is 4.98 Å². The third kappa shape index (κ3) is 4.27. The first-order valence-corrected chi connectivity index (χ1v) is 11.2. The van der Waals surface area contributed by atoms with Gasteiger partial charge in [-0.15, -0.1) is 5.10 Å². The number of nitrogens with zero attached hydrogens (tertiary/aromatic N) is 3. The summed E-state index contributed by atoms with van der Waals surface area (Å²) in [5, 5.41) is 11.2. The zero-order valence-electron chi connectivity index (χ0n) is 17.9. The van der Waals surface area contributed by atoms with Gasteiger partial charge in [0, 0.05) is 26.9 Å². The number of nitrogens with one attached hydrogen (secondary N) is 2. The van der Waals surface area contributed by atoms with Crippen LogP contribution in [0.5, 0.6) is 0 Å². The molecule has 0 bridgehead atoms. The number of hydrogen-bond donors (Lipinski definition) is 2. The van der Waals surface area contributed by atoms with Crippen LogP contribution in [0, 0.1) is 12.7 Å². The molecule has 2 N–H and O–H groups in total. The summed E-state index contributed by atoms with van der Waals surface area (Å²) < 4.78 is 16.4. The van der Waals surface area contributed by atoms with E-state index in [4.69, 9.17) is 23.2 Å². The Morgan fingerprint density at radius 3 is 2.50 bits per heavy atom. The SMILES string of the molecule is Cc1ccc(C(=O)Nc2nc3n(n2)C(c2c(F)cccc2Cl)C=C(c2ccc(Cl)cc2)N3)cc1. The van der Waals surface area contributed by atoms with Crippen LogP contribution in [0.25, 0.3) is 5.70 Å². The van der Waals surface area contributed by atoms with Gasteiger partial charge in [0.15, 0.2) is 0 Å². The average molecular weight is 494 g/mol. The maximum absolute atomic E-state index is 14.9. The second kappa shape index (κ2) is 8.93. The van der Waals surface area contributed by atoms with Gasteiger partial charge in [-0.1, -0.05) is 59.1 Å². The molecule has 1 unspecified atom stereocenters. The highest BCUT2D eigenvalue weighted by atomic mass is 35.5. The Balaban J connectivity index is 1.55. The van der Waals surface area contributed by atoms with Crippen LogP contribution in [-0.4, -0.2) is 20.7 Å². The molecule has 5 rings (SSSR count). The summed E-state index contributed by atoms with van der Waals surface area (Å²) >= 11 is 12.4. The highest BCUT2D eigenvalue weighted by Gasteiger charge is 2.29. The van der Waals surface area contributed by atoms with Crippen molar-refractivity contribution in [3.8, 4) is 0 Å².